The minimum Gasteiger partial charge on any atom is -0.420 e. The second kappa shape index (κ2) is 4.10. The summed E-state index contributed by atoms with van der Waals surface area (Å²) in [6.45, 7) is 0. The Bertz CT molecular complexity index is 635. The Kier molecular flexibility index (Phi) is 2.77. The zero-order valence-corrected chi connectivity index (χ0v) is 9.63. The van der Waals surface area contributed by atoms with E-state index in [4.69, 9.17) is 38.5 Å². The third kappa shape index (κ3) is 1.74. The molecule has 0 radical (unpaired) electrons. The van der Waals surface area contributed by atoms with E-state index in [0.717, 1.165) is 0 Å². The molecule has 1 heterocycles. The van der Waals surface area contributed by atoms with Gasteiger partial charge in [0.2, 0.25) is 0 Å². The highest BCUT2D eigenvalue weighted by molar-refractivity contribution is 6.42. The lowest BCUT2D eigenvalue weighted by Crippen LogP contribution is -1.93. The van der Waals surface area contributed by atoms with Crippen molar-refractivity contribution in [1.82, 2.24) is 0 Å². The summed E-state index contributed by atoms with van der Waals surface area (Å²) in [7, 11) is 0. The predicted octanol–water partition coefficient (Wildman–Crippen LogP) is 2.92. The summed E-state index contributed by atoms with van der Waals surface area (Å²) in [5.41, 5.74) is 0.218. The van der Waals surface area contributed by atoms with Crippen LogP contribution in [0.4, 0.5) is 0 Å². The molecule has 2 rings (SSSR count). The summed E-state index contributed by atoms with van der Waals surface area (Å²) in [5.74, 6) is -0.731. The van der Waals surface area contributed by atoms with Crippen molar-refractivity contribution >= 4 is 34.9 Å². The van der Waals surface area contributed by atoms with Crippen molar-refractivity contribution in [2.75, 3.05) is 0 Å². The van der Waals surface area contributed by atoms with Crippen molar-refractivity contribution in [3.63, 3.8) is 0 Å². The lowest BCUT2D eigenvalue weighted by atomic mass is 10.1. The molecule has 1 aliphatic rings. The lowest BCUT2D eigenvalue weighted by molar-refractivity contribution is 0.0715. The van der Waals surface area contributed by atoms with E-state index in [0.29, 0.717) is 5.56 Å². The van der Waals surface area contributed by atoms with Gasteiger partial charge in [0.1, 0.15) is 12.1 Å². The van der Waals surface area contributed by atoms with E-state index in [9.17, 15) is 4.79 Å². The van der Waals surface area contributed by atoms with Crippen LogP contribution in [-0.2, 0) is 4.74 Å². The van der Waals surface area contributed by atoms with Crippen LogP contribution in [0.5, 0.6) is 0 Å². The number of allylic oxidation sites excluding steroid dienone is 1. The van der Waals surface area contributed by atoms with E-state index in [1.807, 2.05) is 0 Å². The Hall–Kier alpha value is -2.01. The monoisotopic (exact) mass is 264 g/mol. The number of hydrogen-bond acceptors (Lipinski definition) is 4. The Morgan fingerprint density at radius 3 is 2.18 bits per heavy atom. The third-order valence-corrected chi connectivity index (χ3v) is 2.89. The molecule has 82 valence electrons. The fraction of sp³-hybridized carbons (Fsp3) is 0. The van der Waals surface area contributed by atoms with Crippen molar-refractivity contribution in [3.05, 3.63) is 38.9 Å². The van der Waals surface area contributed by atoms with Crippen molar-refractivity contribution < 1.29 is 9.53 Å². The number of esters is 1. The van der Waals surface area contributed by atoms with Gasteiger partial charge in [0, 0.05) is 5.56 Å². The molecule has 0 saturated heterocycles. The average Bonchev–Trinajstić information content (AvgIpc) is 2.60. The van der Waals surface area contributed by atoms with Gasteiger partial charge in [-0.3, -0.25) is 0 Å². The summed E-state index contributed by atoms with van der Waals surface area (Å²) in [5, 5.41) is 17.9. The summed E-state index contributed by atoms with van der Waals surface area (Å²) in [6, 6.07) is 6.05. The minimum atomic E-state index is -0.656. The summed E-state index contributed by atoms with van der Waals surface area (Å²) in [4.78, 5) is 11.5. The number of fused-ring (bicyclic) bond motifs is 1. The van der Waals surface area contributed by atoms with E-state index >= 15 is 0 Å². The maximum absolute atomic E-state index is 11.5. The number of rotatable bonds is 0. The molecule has 0 fully saturated rings. The number of hydrogen-bond donors (Lipinski definition) is 0. The predicted molar refractivity (Wildman–Crippen MR) is 60.0 cm³/mol. The first kappa shape index (κ1) is 11.5. The topological polar surface area (TPSA) is 73.9 Å². The number of benzene rings is 1. The molecule has 0 unspecified atom stereocenters. The standard InChI is InChI=1S/C11H2Cl2N2O2/c12-8-1-6-7(2-9(8)13)11(16)17-10(6)5(3-14)4-15/h1-2H. The lowest BCUT2D eigenvalue weighted by Gasteiger charge is -1.99. The van der Waals surface area contributed by atoms with Gasteiger partial charge in [-0.05, 0) is 12.1 Å². The molecule has 1 aromatic rings. The van der Waals surface area contributed by atoms with Gasteiger partial charge >= 0.3 is 5.97 Å². The quantitative estimate of drug-likeness (QED) is 0.534. The molecular weight excluding hydrogens is 263 g/mol. The van der Waals surface area contributed by atoms with Gasteiger partial charge in [0.15, 0.2) is 11.3 Å². The van der Waals surface area contributed by atoms with Crippen LogP contribution in [0.15, 0.2) is 17.7 Å². The molecule has 1 aliphatic heterocycles. The Morgan fingerprint density at radius 2 is 1.65 bits per heavy atom. The van der Waals surface area contributed by atoms with Crippen molar-refractivity contribution in [3.8, 4) is 12.1 Å². The molecule has 0 N–H and O–H groups in total. The average molecular weight is 265 g/mol. The fourth-order valence-electron chi connectivity index (χ4n) is 1.42. The molecule has 0 aliphatic carbocycles. The first-order chi connectivity index (χ1) is 8.08. The Morgan fingerprint density at radius 1 is 1.12 bits per heavy atom. The van der Waals surface area contributed by atoms with Crippen LogP contribution in [0.2, 0.25) is 10.0 Å². The molecule has 0 aromatic heterocycles. The largest absolute Gasteiger partial charge is 0.420 e. The zero-order chi connectivity index (χ0) is 12.6. The fourth-order valence-corrected chi connectivity index (χ4v) is 1.75. The van der Waals surface area contributed by atoms with Crippen LogP contribution in [0.25, 0.3) is 5.76 Å². The molecule has 4 nitrogen and oxygen atoms in total. The van der Waals surface area contributed by atoms with Crippen molar-refractivity contribution in [1.29, 1.82) is 10.5 Å². The van der Waals surface area contributed by atoms with E-state index in [2.05, 4.69) is 0 Å². The van der Waals surface area contributed by atoms with Crippen LogP contribution in [0.1, 0.15) is 15.9 Å². The Labute approximate surface area is 106 Å². The molecule has 0 spiro atoms. The third-order valence-electron chi connectivity index (χ3n) is 2.17. The number of carbonyl (C=O) groups excluding carboxylic acids is 1. The Balaban J connectivity index is 2.77. The van der Waals surface area contributed by atoms with Gasteiger partial charge in [-0.15, -0.1) is 0 Å². The molecule has 0 saturated carbocycles. The second-order valence-electron chi connectivity index (χ2n) is 3.13. The van der Waals surface area contributed by atoms with Gasteiger partial charge in [-0.1, -0.05) is 23.2 Å². The molecule has 0 amide bonds. The molecule has 17 heavy (non-hydrogen) atoms. The molecule has 1 aromatic carbocycles. The SMILES string of the molecule is N#CC(C#N)=C1OC(=O)c2cc(Cl)c(Cl)cc21. The van der Waals surface area contributed by atoms with E-state index in [1.165, 1.54) is 12.1 Å². The minimum absolute atomic E-state index is 0.0754. The number of nitrogens with zero attached hydrogens (tertiary/aromatic N) is 2. The molecular formula is C11H2Cl2N2O2. The van der Waals surface area contributed by atoms with E-state index in [1.54, 1.807) is 12.1 Å². The van der Waals surface area contributed by atoms with Gasteiger partial charge in [0.25, 0.3) is 0 Å². The van der Waals surface area contributed by atoms with Gasteiger partial charge in [-0.2, -0.15) is 10.5 Å². The molecule has 0 bridgehead atoms. The smallest absolute Gasteiger partial charge is 0.344 e. The summed E-state index contributed by atoms with van der Waals surface area (Å²) < 4.78 is 4.86. The van der Waals surface area contributed by atoms with Crippen LogP contribution >= 0.6 is 23.2 Å². The second-order valence-corrected chi connectivity index (χ2v) is 3.94. The van der Waals surface area contributed by atoms with E-state index in [-0.39, 0.29) is 26.9 Å². The van der Waals surface area contributed by atoms with Gasteiger partial charge < -0.3 is 4.74 Å². The van der Waals surface area contributed by atoms with Crippen molar-refractivity contribution in [2.24, 2.45) is 0 Å². The number of nitriles is 2. The highest BCUT2D eigenvalue weighted by atomic mass is 35.5. The number of carbonyl (C=O) groups is 1. The van der Waals surface area contributed by atoms with Crippen LogP contribution < -0.4 is 0 Å². The van der Waals surface area contributed by atoms with Gasteiger partial charge in [-0.25, -0.2) is 4.79 Å². The first-order valence-corrected chi connectivity index (χ1v) is 5.10. The number of halogens is 2. The molecule has 0 atom stereocenters. The van der Waals surface area contributed by atoms with Crippen LogP contribution in [0.3, 0.4) is 0 Å². The normalized spacial score (nSPS) is 12.5. The number of cyclic esters (lactones) is 1. The summed E-state index contributed by atoms with van der Waals surface area (Å²) >= 11 is 11.6. The summed E-state index contributed by atoms with van der Waals surface area (Å²) in [6.07, 6.45) is 0. The molecule has 6 heteroatoms. The zero-order valence-electron chi connectivity index (χ0n) is 8.12. The van der Waals surface area contributed by atoms with Crippen LogP contribution in [0, 0.1) is 22.7 Å². The van der Waals surface area contributed by atoms with Gasteiger partial charge in [0.05, 0.1) is 15.6 Å². The highest BCUT2D eigenvalue weighted by Crippen LogP contribution is 2.36. The first-order valence-electron chi connectivity index (χ1n) is 4.34. The van der Waals surface area contributed by atoms with Crippen LogP contribution in [-0.4, -0.2) is 5.97 Å². The van der Waals surface area contributed by atoms with E-state index < -0.39 is 5.97 Å². The number of ether oxygens (including phenoxy) is 1. The maximum atomic E-state index is 11.5. The van der Waals surface area contributed by atoms with Crippen molar-refractivity contribution in [2.45, 2.75) is 0 Å². The highest BCUT2D eigenvalue weighted by Gasteiger charge is 2.30. The maximum Gasteiger partial charge on any atom is 0.344 e.